The zero-order valence-electron chi connectivity index (χ0n) is 10.7. The van der Waals surface area contributed by atoms with Gasteiger partial charge in [0.2, 0.25) is 11.3 Å². The molecule has 20 heavy (non-hydrogen) atoms. The second-order valence-electron chi connectivity index (χ2n) is 4.37. The van der Waals surface area contributed by atoms with E-state index < -0.39 is 5.91 Å². The first kappa shape index (κ1) is 12.2. The molecule has 0 saturated carbocycles. The Hall–Kier alpha value is -2.82. The van der Waals surface area contributed by atoms with Crippen LogP contribution in [0.4, 0.5) is 0 Å². The predicted molar refractivity (Wildman–Crippen MR) is 75.1 cm³/mol. The molecule has 5 heteroatoms. The second kappa shape index (κ2) is 4.38. The number of hydrogen-bond donors (Lipinski definition) is 1. The predicted octanol–water partition coefficient (Wildman–Crippen LogP) is 2.05. The number of amides is 1. The van der Waals surface area contributed by atoms with Crippen LogP contribution in [-0.4, -0.2) is 13.0 Å². The van der Waals surface area contributed by atoms with Gasteiger partial charge in [-0.1, -0.05) is 0 Å². The van der Waals surface area contributed by atoms with Crippen LogP contribution >= 0.6 is 0 Å². The molecule has 0 aliphatic rings. The van der Waals surface area contributed by atoms with Crippen LogP contribution < -0.4 is 15.9 Å². The number of benzene rings is 2. The topological polar surface area (TPSA) is 82.5 Å². The highest BCUT2D eigenvalue weighted by molar-refractivity contribution is 5.98. The Morgan fingerprint density at radius 3 is 2.40 bits per heavy atom. The lowest BCUT2D eigenvalue weighted by Gasteiger charge is -2.04. The van der Waals surface area contributed by atoms with Gasteiger partial charge in [-0.15, -0.1) is 0 Å². The highest BCUT2D eigenvalue weighted by Gasteiger charge is 2.10. The van der Waals surface area contributed by atoms with Crippen molar-refractivity contribution in [2.24, 2.45) is 5.73 Å². The van der Waals surface area contributed by atoms with Crippen molar-refractivity contribution >= 4 is 27.8 Å². The van der Waals surface area contributed by atoms with Crippen LogP contribution in [0, 0.1) is 0 Å². The molecular formula is C15H11NO4. The molecule has 1 amide bonds. The van der Waals surface area contributed by atoms with Gasteiger partial charge >= 0.3 is 0 Å². The van der Waals surface area contributed by atoms with Crippen molar-refractivity contribution in [1.82, 2.24) is 0 Å². The van der Waals surface area contributed by atoms with Crippen LogP contribution in [0.2, 0.25) is 0 Å². The molecule has 0 aliphatic heterocycles. The summed E-state index contributed by atoms with van der Waals surface area (Å²) >= 11 is 0. The number of methoxy groups -OCH3 is 1. The van der Waals surface area contributed by atoms with Gasteiger partial charge in [0.25, 0.3) is 0 Å². The first-order valence-electron chi connectivity index (χ1n) is 5.94. The summed E-state index contributed by atoms with van der Waals surface area (Å²) < 4.78 is 10.8. The Bertz CT molecular complexity index is 895. The van der Waals surface area contributed by atoms with Crippen molar-refractivity contribution in [3.63, 3.8) is 0 Å². The van der Waals surface area contributed by atoms with Crippen molar-refractivity contribution < 1.29 is 13.9 Å². The molecule has 1 heterocycles. The first-order valence-corrected chi connectivity index (χ1v) is 5.94. The maximum Gasteiger partial charge on any atom is 0.248 e. The van der Waals surface area contributed by atoms with Gasteiger partial charge < -0.3 is 14.9 Å². The molecule has 3 aromatic rings. The van der Waals surface area contributed by atoms with Gasteiger partial charge in [0.1, 0.15) is 16.9 Å². The highest BCUT2D eigenvalue weighted by Crippen LogP contribution is 2.23. The van der Waals surface area contributed by atoms with Crippen molar-refractivity contribution in [3.8, 4) is 5.75 Å². The van der Waals surface area contributed by atoms with Crippen molar-refractivity contribution in [3.05, 3.63) is 52.2 Å². The maximum atomic E-state index is 12.5. The Labute approximate surface area is 113 Å². The lowest BCUT2D eigenvalue weighted by Crippen LogP contribution is -2.12. The number of hydrogen-bond acceptors (Lipinski definition) is 4. The van der Waals surface area contributed by atoms with Gasteiger partial charge in [0, 0.05) is 5.56 Å². The number of nitrogens with two attached hydrogens (primary N) is 1. The monoisotopic (exact) mass is 269 g/mol. The summed E-state index contributed by atoms with van der Waals surface area (Å²) in [5.41, 5.74) is 6.15. The van der Waals surface area contributed by atoms with Gasteiger partial charge in [-0.3, -0.25) is 9.59 Å². The Morgan fingerprint density at radius 1 is 1.10 bits per heavy atom. The average Bonchev–Trinajstić information content (AvgIpc) is 2.47. The maximum absolute atomic E-state index is 12.5. The number of primary amides is 1. The number of carbonyl (C=O) groups is 1. The highest BCUT2D eigenvalue weighted by atomic mass is 16.5. The zero-order chi connectivity index (χ0) is 14.3. The van der Waals surface area contributed by atoms with E-state index in [0.717, 1.165) is 0 Å². The van der Waals surface area contributed by atoms with Crippen molar-refractivity contribution in [2.75, 3.05) is 7.11 Å². The smallest absolute Gasteiger partial charge is 0.248 e. The Kier molecular flexibility index (Phi) is 2.68. The van der Waals surface area contributed by atoms with Crippen molar-refractivity contribution in [2.45, 2.75) is 0 Å². The van der Waals surface area contributed by atoms with E-state index in [1.807, 2.05) is 0 Å². The minimum absolute atomic E-state index is 0.219. The molecule has 0 radical (unpaired) electrons. The lowest BCUT2D eigenvalue weighted by molar-refractivity contribution is 0.100. The fourth-order valence-corrected chi connectivity index (χ4v) is 2.12. The summed E-state index contributed by atoms with van der Waals surface area (Å²) in [6, 6.07) is 9.55. The van der Waals surface area contributed by atoms with E-state index in [9.17, 15) is 9.59 Å². The molecule has 0 bridgehead atoms. The third-order valence-electron chi connectivity index (χ3n) is 3.16. The molecule has 1 aromatic heterocycles. The van der Waals surface area contributed by atoms with E-state index >= 15 is 0 Å². The number of rotatable bonds is 2. The van der Waals surface area contributed by atoms with E-state index in [-0.39, 0.29) is 11.0 Å². The van der Waals surface area contributed by atoms with Crippen LogP contribution in [0.5, 0.6) is 5.75 Å². The molecule has 0 unspecified atom stereocenters. The van der Waals surface area contributed by atoms with Crippen LogP contribution in [-0.2, 0) is 0 Å². The minimum atomic E-state index is -0.586. The Balaban J connectivity index is 2.42. The molecule has 0 atom stereocenters. The largest absolute Gasteiger partial charge is 0.497 e. The van der Waals surface area contributed by atoms with Crippen molar-refractivity contribution in [1.29, 1.82) is 0 Å². The van der Waals surface area contributed by atoms with E-state index in [1.165, 1.54) is 19.2 Å². The zero-order valence-corrected chi connectivity index (χ0v) is 10.7. The fourth-order valence-electron chi connectivity index (χ4n) is 2.12. The third kappa shape index (κ3) is 1.80. The number of ether oxygens (including phenoxy) is 1. The molecule has 5 nitrogen and oxygen atoms in total. The van der Waals surface area contributed by atoms with Crippen LogP contribution in [0.25, 0.3) is 21.9 Å². The molecule has 100 valence electrons. The van der Waals surface area contributed by atoms with Crippen LogP contribution in [0.15, 0.2) is 45.6 Å². The summed E-state index contributed by atoms with van der Waals surface area (Å²) in [6.45, 7) is 0. The summed E-state index contributed by atoms with van der Waals surface area (Å²) in [6.07, 6.45) is 0. The van der Waals surface area contributed by atoms with Crippen LogP contribution in [0.3, 0.4) is 0 Å². The molecule has 0 fully saturated rings. The quantitative estimate of drug-likeness (QED) is 0.722. The average molecular weight is 269 g/mol. The van der Waals surface area contributed by atoms with Gasteiger partial charge in [-0.2, -0.15) is 0 Å². The molecule has 3 rings (SSSR count). The van der Waals surface area contributed by atoms with Gasteiger partial charge in [-0.05, 0) is 36.4 Å². The minimum Gasteiger partial charge on any atom is -0.497 e. The summed E-state index contributed by atoms with van der Waals surface area (Å²) in [4.78, 5) is 23.7. The van der Waals surface area contributed by atoms with Crippen LogP contribution in [0.1, 0.15) is 10.4 Å². The summed E-state index contributed by atoms with van der Waals surface area (Å²) in [5.74, 6) is -0.0211. The molecule has 2 N–H and O–H groups in total. The van der Waals surface area contributed by atoms with Gasteiger partial charge in [-0.25, -0.2) is 0 Å². The summed E-state index contributed by atoms with van der Waals surface area (Å²) in [5, 5.41) is 0.723. The van der Waals surface area contributed by atoms with E-state index in [1.54, 1.807) is 24.3 Å². The number of fused-ring (bicyclic) bond motifs is 2. The second-order valence-corrected chi connectivity index (χ2v) is 4.37. The molecule has 2 aromatic carbocycles. The molecule has 0 aliphatic carbocycles. The number of carbonyl (C=O) groups excluding carboxylic acids is 1. The SMILES string of the molecule is COc1ccc2oc3ccc(C(N)=O)cc3c(=O)c2c1. The van der Waals surface area contributed by atoms with Gasteiger partial charge in [0.15, 0.2) is 0 Å². The molecule has 0 saturated heterocycles. The summed E-state index contributed by atoms with van der Waals surface area (Å²) in [7, 11) is 1.52. The molecular weight excluding hydrogens is 258 g/mol. The molecule has 0 spiro atoms. The Morgan fingerprint density at radius 2 is 1.75 bits per heavy atom. The first-order chi connectivity index (χ1) is 9.60. The fraction of sp³-hybridized carbons (Fsp3) is 0.0667. The van der Waals surface area contributed by atoms with E-state index in [2.05, 4.69) is 0 Å². The lowest BCUT2D eigenvalue weighted by atomic mass is 10.1. The van der Waals surface area contributed by atoms with E-state index in [0.29, 0.717) is 27.7 Å². The van der Waals surface area contributed by atoms with E-state index in [4.69, 9.17) is 14.9 Å². The van der Waals surface area contributed by atoms with Gasteiger partial charge in [0.05, 0.1) is 17.9 Å². The normalized spacial score (nSPS) is 10.8. The third-order valence-corrected chi connectivity index (χ3v) is 3.16. The standard InChI is InChI=1S/C15H11NO4/c1-19-9-3-5-13-11(7-9)14(17)10-6-8(15(16)18)2-4-12(10)20-13/h2-7H,1H3,(H2,16,18).